The molecular formula is C44H47F3N10O5. The van der Waals surface area contributed by atoms with E-state index in [4.69, 9.17) is 6.57 Å². The highest BCUT2D eigenvalue weighted by Gasteiger charge is 2.47. The molecule has 5 saturated heterocycles. The fourth-order valence-electron chi connectivity index (χ4n) is 10.0. The number of halogens is 3. The summed E-state index contributed by atoms with van der Waals surface area (Å²) < 4.78 is 40.4. The number of aromatic nitrogens is 1. The number of carbonyl (C=O) groups is 5. The van der Waals surface area contributed by atoms with Gasteiger partial charge in [-0.3, -0.25) is 29.4 Å². The lowest BCUT2D eigenvalue weighted by atomic mass is 9.71. The Balaban J connectivity index is 0.690. The highest BCUT2D eigenvalue weighted by molar-refractivity contribution is 6.23. The largest absolute Gasteiger partial charge is 0.407 e. The number of fused-ring (bicyclic) bond motifs is 1. The van der Waals surface area contributed by atoms with Crippen molar-refractivity contribution in [3.05, 3.63) is 82.8 Å². The average molecular weight is 853 g/mol. The van der Waals surface area contributed by atoms with Gasteiger partial charge >= 0.3 is 12.2 Å². The molecule has 18 heteroatoms. The smallest absolute Gasteiger partial charge is 0.371 e. The molecule has 0 aliphatic carbocycles. The first kappa shape index (κ1) is 41.1. The summed E-state index contributed by atoms with van der Waals surface area (Å²) in [6.07, 6.45) is 1.45. The van der Waals surface area contributed by atoms with E-state index in [0.29, 0.717) is 54.6 Å². The van der Waals surface area contributed by atoms with Gasteiger partial charge in [-0.05, 0) is 85.9 Å². The van der Waals surface area contributed by atoms with Crippen molar-refractivity contribution in [1.29, 1.82) is 0 Å². The van der Waals surface area contributed by atoms with E-state index < -0.39 is 47.1 Å². The lowest BCUT2D eigenvalue weighted by Gasteiger charge is -2.55. The minimum absolute atomic E-state index is 0.0846. The van der Waals surface area contributed by atoms with E-state index in [0.717, 1.165) is 94.0 Å². The molecule has 6 amide bonds. The van der Waals surface area contributed by atoms with Crippen LogP contribution in [0.3, 0.4) is 0 Å². The predicted molar refractivity (Wildman–Crippen MR) is 223 cm³/mol. The van der Waals surface area contributed by atoms with Gasteiger partial charge in [0.2, 0.25) is 11.8 Å². The first-order valence-electron chi connectivity index (χ1n) is 21.2. The second-order valence-electron chi connectivity index (χ2n) is 17.4. The SMILES string of the molecule is [C-]#[N+]c1ccc(N2CCN(C(=O)Nc3ccc(N4CCC(CN5CC6(CCN(c7ccc8c(c7)C(=O)N(C7CCC(=O)NC7=O)C8=O)CC6)C5)CC4)nc3)CC2)cc1C(F)(F)F. The molecule has 1 atom stereocenters. The Morgan fingerprint density at radius 3 is 2.16 bits per heavy atom. The van der Waals surface area contributed by atoms with Crippen molar-refractivity contribution in [3.63, 3.8) is 0 Å². The van der Waals surface area contributed by atoms with Crippen LogP contribution >= 0.6 is 0 Å². The van der Waals surface area contributed by atoms with E-state index in [2.05, 4.69) is 35.2 Å². The van der Waals surface area contributed by atoms with Gasteiger partial charge in [-0.2, -0.15) is 13.2 Å². The van der Waals surface area contributed by atoms with Crippen LogP contribution in [0, 0.1) is 17.9 Å². The third-order valence-corrected chi connectivity index (χ3v) is 13.5. The first-order chi connectivity index (χ1) is 29.8. The van der Waals surface area contributed by atoms with Crippen molar-refractivity contribution >= 4 is 58.2 Å². The second kappa shape index (κ2) is 16.2. The molecule has 0 bridgehead atoms. The molecule has 1 aromatic heterocycles. The van der Waals surface area contributed by atoms with E-state index in [1.54, 1.807) is 28.1 Å². The second-order valence-corrected chi connectivity index (χ2v) is 17.4. The lowest BCUT2D eigenvalue weighted by Crippen LogP contribution is -2.61. The van der Waals surface area contributed by atoms with Crippen LogP contribution in [0.2, 0.25) is 0 Å². The molecule has 3 aromatic rings. The summed E-state index contributed by atoms with van der Waals surface area (Å²) in [5, 5.41) is 5.14. The summed E-state index contributed by atoms with van der Waals surface area (Å²) >= 11 is 0. The molecule has 62 heavy (non-hydrogen) atoms. The monoisotopic (exact) mass is 852 g/mol. The highest BCUT2D eigenvalue weighted by Crippen LogP contribution is 2.43. The standard InChI is InChI=1S/C44H47F3N10O5/c1-48-35-6-4-31(23-34(35)44(45,46)47)54-18-20-56(21-19-54)42(62)50-29-2-8-37(49-24-29)55-14-10-28(11-15-55)25-52-26-43(27-52)12-16-53(17-13-43)30-3-5-32-33(22-30)41(61)57(40(32)60)36-7-9-38(58)51-39(36)59/h2-6,8,22-24,28,36H,7,9-21,25-27H2,(H,50,62)(H,51,58,59). The van der Waals surface area contributed by atoms with Crippen LogP contribution < -0.4 is 25.3 Å². The summed E-state index contributed by atoms with van der Waals surface area (Å²) in [7, 11) is 0. The molecule has 0 radical (unpaired) electrons. The van der Waals surface area contributed by atoms with E-state index in [-0.39, 0.29) is 24.3 Å². The van der Waals surface area contributed by atoms with Crippen molar-refractivity contribution in [2.75, 3.05) is 92.0 Å². The van der Waals surface area contributed by atoms with Crippen LogP contribution in [0.1, 0.15) is 64.8 Å². The molecule has 6 aliphatic heterocycles. The van der Waals surface area contributed by atoms with Gasteiger partial charge in [0.15, 0.2) is 5.69 Å². The van der Waals surface area contributed by atoms with Crippen LogP contribution in [-0.4, -0.2) is 127 Å². The summed E-state index contributed by atoms with van der Waals surface area (Å²) in [6.45, 7) is 15.2. The Morgan fingerprint density at radius 1 is 0.823 bits per heavy atom. The number of alkyl halides is 3. The van der Waals surface area contributed by atoms with Crippen molar-refractivity contribution in [2.24, 2.45) is 11.3 Å². The summed E-state index contributed by atoms with van der Waals surface area (Å²) in [6, 6.07) is 11.5. The lowest BCUT2D eigenvalue weighted by molar-refractivity contribution is -0.137. The number of imide groups is 2. The minimum atomic E-state index is -4.63. The van der Waals surface area contributed by atoms with Gasteiger partial charge in [-0.15, -0.1) is 0 Å². The van der Waals surface area contributed by atoms with Gasteiger partial charge in [0.05, 0.1) is 35.1 Å². The Bertz CT molecular complexity index is 2320. The highest BCUT2D eigenvalue weighted by atomic mass is 19.4. The van der Waals surface area contributed by atoms with E-state index >= 15 is 0 Å². The number of amides is 6. The normalized spacial score (nSPS) is 22.1. The number of nitrogens with zero attached hydrogens (tertiary/aromatic N) is 8. The Morgan fingerprint density at radius 2 is 1.50 bits per heavy atom. The maximum absolute atomic E-state index is 13.5. The van der Waals surface area contributed by atoms with Crippen molar-refractivity contribution in [2.45, 2.75) is 50.7 Å². The number of hydrogen-bond donors (Lipinski definition) is 2. The predicted octanol–water partition coefficient (Wildman–Crippen LogP) is 5.23. The quantitative estimate of drug-likeness (QED) is 0.240. The summed E-state index contributed by atoms with van der Waals surface area (Å²) in [5.74, 6) is -0.538. The van der Waals surface area contributed by atoms with Crippen LogP contribution in [0.5, 0.6) is 0 Å². The third-order valence-electron chi connectivity index (χ3n) is 13.5. The fraction of sp³-hybridized carbons (Fsp3) is 0.477. The third kappa shape index (κ3) is 8.01. The number of piperidine rings is 3. The summed E-state index contributed by atoms with van der Waals surface area (Å²) in [4.78, 5) is 82.8. The first-order valence-corrected chi connectivity index (χ1v) is 21.2. The molecule has 0 saturated carbocycles. The number of rotatable bonds is 7. The number of anilines is 4. The average Bonchev–Trinajstić information content (AvgIpc) is 3.51. The zero-order valence-corrected chi connectivity index (χ0v) is 34.1. The van der Waals surface area contributed by atoms with E-state index in [9.17, 15) is 37.1 Å². The van der Waals surface area contributed by atoms with Crippen molar-refractivity contribution in [3.8, 4) is 0 Å². The van der Waals surface area contributed by atoms with Crippen molar-refractivity contribution in [1.82, 2.24) is 25.0 Å². The molecular weight excluding hydrogens is 806 g/mol. The number of benzene rings is 2. The molecule has 2 aromatic carbocycles. The number of carbonyl (C=O) groups excluding carboxylic acids is 5. The molecule has 1 spiro atoms. The number of likely N-dealkylation sites (tertiary alicyclic amines) is 1. The Hall–Kier alpha value is -6.22. The molecule has 324 valence electrons. The van der Waals surface area contributed by atoms with Crippen molar-refractivity contribution < 1.29 is 37.1 Å². The number of urea groups is 1. The molecule has 9 rings (SSSR count). The Kier molecular flexibility index (Phi) is 10.8. The number of hydrogen-bond acceptors (Lipinski definition) is 10. The van der Waals surface area contributed by atoms with Crippen LogP contribution in [0.25, 0.3) is 4.85 Å². The molecule has 15 nitrogen and oxygen atoms in total. The summed E-state index contributed by atoms with van der Waals surface area (Å²) in [5.41, 5.74) is 1.33. The number of piperazine rings is 1. The minimum Gasteiger partial charge on any atom is -0.371 e. The van der Waals surface area contributed by atoms with E-state index in [1.807, 2.05) is 18.2 Å². The van der Waals surface area contributed by atoms with Gasteiger partial charge in [0, 0.05) is 89.8 Å². The molecule has 5 fully saturated rings. The van der Waals surface area contributed by atoms with Gasteiger partial charge in [0.1, 0.15) is 11.9 Å². The Labute approximate surface area is 356 Å². The molecule has 7 heterocycles. The molecule has 6 aliphatic rings. The molecule has 1 unspecified atom stereocenters. The topological polar surface area (TPSA) is 146 Å². The van der Waals surface area contributed by atoms with Gasteiger partial charge in [-0.1, -0.05) is 6.07 Å². The van der Waals surface area contributed by atoms with Crippen LogP contribution in [-0.2, 0) is 15.8 Å². The maximum atomic E-state index is 13.5. The van der Waals surface area contributed by atoms with Gasteiger partial charge < -0.3 is 29.8 Å². The zero-order valence-electron chi connectivity index (χ0n) is 34.1. The maximum Gasteiger partial charge on any atom is 0.407 e. The number of nitrogens with one attached hydrogen (secondary N) is 2. The zero-order chi connectivity index (χ0) is 43.3. The molecule has 2 N–H and O–H groups in total. The van der Waals surface area contributed by atoms with Gasteiger partial charge in [-0.25, -0.2) is 14.6 Å². The van der Waals surface area contributed by atoms with Gasteiger partial charge in [0.25, 0.3) is 11.8 Å². The van der Waals surface area contributed by atoms with E-state index in [1.165, 1.54) is 12.1 Å². The van der Waals surface area contributed by atoms with Crippen LogP contribution in [0.15, 0.2) is 54.7 Å². The van der Waals surface area contributed by atoms with Crippen LogP contribution in [0.4, 0.5) is 46.5 Å². The number of pyridine rings is 1. The fourth-order valence-corrected chi connectivity index (χ4v) is 10.0.